The van der Waals surface area contributed by atoms with E-state index in [9.17, 15) is 0 Å². The smallest absolute Gasteiger partial charge is 0.203 e. The van der Waals surface area contributed by atoms with Crippen LogP contribution in [0.5, 0.6) is 0 Å². The number of benzene rings is 2. The van der Waals surface area contributed by atoms with Crippen molar-refractivity contribution in [2.24, 2.45) is 0 Å². The van der Waals surface area contributed by atoms with Crippen LogP contribution in [-0.2, 0) is 19.8 Å². The normalized spacial score (nSPS) is 12.3. The molecule has 1 unspecified atom stereocenters. The van der Waals surface area contributed by atoms with E-state index in [1.54, 1.807) is 0 Å². The molecule has 1 aromatic heterocycles. The van der Waals surface area contributed by atoms with Gasteiger partial charge < -0.3 is 9.47 Å². The molecule has 136 valence electrons. The number of aromatic nitrogens is 3. The van der Waals surface area contributed by atoms with Crippen LogP contribution in [0.15, 0.2) is 48.5 Å². The van der Waals surface area contributed by atoms with Crippen LogP contribution in [0, 0.1) is 11.7 Å². The van der Waals surface area contributed by atoms with E-state index in [0.29, 0.717) is 6.67 Å². The van der Waals surface area contributed by atoms with Gasteiger partial charge in [0.2, 0.25) is 4.77 Å². The number of halogens is 1. The molecule has 26 heavy (non-hydrogen) atoms. The van der Waals surface area contributed by atoms with Gasteiger partial charge in [0.1, 0.15) is 6.54 Å². The van der Waals surface area contributed by atoms with Crippen LogP contribution >= 0.6 is 23.8 Å². The quantitative estimate of drug-likeness (QED) is 0.652. The Balaban J connectivity index is 1.85. The molecule has 0 amide bonds. The maximum atomic E-state index is 5.97. The Labute approximate surface area is 164 Å². The van der Waals surface area contributed by atoms with Crippen molar-refractivity contribution in [2.75, 3.05) is 7.05 Å². The van der Waals surface area contributed by atoms with Crippen molar-refractivity contribution < 1.29 is 4.90 Å². The van der Waals surface area contributed by atoms with Gasteiger partial charge in [-0.2, -0.15) is 4.68 Å². The van der Waals surface area contributed by atoms with Crippen molar-refractivity contribution in [3.63, 3.8) is 0 Å². The average molecular weight is 388 g/mol. The fourth-order valence-corrected chi connectivity index (χ4v) is 3.56. The van der Waals surface area contributed by atoms with Crippen LogP contribution in [0.2, 0.25) is 5.02 Å². The number of nitrogens with one attached hydrogen (secondary N) is 1. The van der Waals surface area contributed by atoms with E-state index in [2.05, 4.69) is 49.7 Å². The first-order valence-electron chi connectivity index (χ1n) is 8.79. The molecule has 0 aliphatic rings. The van der Waals surface area contributed by atoms with Gasteiger partial charge in [-0.3, -0.25) is 0 Å². The molecule has 6 heteroatoms. The van der Waals surface area contributed by atoms with Gasteiger partial charge in [-0.1, -0.05) is 48.0 Å². The van der Waals surface area contributed by atoms with Gasteiger partial charge in [-0.15, -0.1) is 5.10 Å². The van der Waals surface area contributed by atoms with Gasteiger partial charge >= 0.3 is 0 Å². The number of hydrogen-bond donors (Lipinski definition) is 1. The third kappa shape index (κ3) is 4.06. The highest BCUT2D eigenvalue weighted by Gasteiger charge is 2.15. The minimum atomic E-state index is 0.716. The first kappa shape index (κ1) is 18.8. The molecule has 3 rings (SSSR count). The van der Waals surface area contributed by atoms with E-state index in [4.69, 9.17) is 28.9 Å². The topological polar surface area (TPSA) is 27.2 Å². The van der Waals surface area contributed by atoms with Crippen LogP contribution < -0.4 is 4.90 Å². The minimum absolute atomic E-state index is 0.716. The predicted molar refractivity (Wildman–Crippen MR) is 109 cm³/mol. The summed E-state index contributed by atoms with van der Waals surface area (Å²) in [5.74, 6) is 0.940. The van der Waals surface area contributed by atoms with Crippen molar-refractivity contribution in [1.29, 1.82) is 0 Å². The Morgan fingerprint density at radius 1 is 1.12 bits per heavy atom. The maximum absolute atomic E-state index is 5.97. The van der Waals surface area contributed by atoms with Crippen LogP contribution in [-0.4, -0.2) is 21.4 Å². The highest BCUT2D eigenvalue weighted by atomic mass is 35.5. The lowest BCUT2D eigenvalue weighted by molar-refractivity contribution is -0.917. The largest absolute Gasteiger partial charge is 0.315 e. The Kier molecular flexibility index (Phi) is 5.91. The van der Waals surface area contributed by atoms with E-state index < -0.39 is 0 Å². The lowest BCUT2D eigenvalue weighted by atomic mass is 10.1. The van der Waals surface area contributed by atoms with Crippen molar-refractivity contribution in [2.45, 2.75) is 33.6 Å². The summed E-state index contributed by atoms with van der Waals surface area (Å²) in [7, 11) is 2.15. The molecule has 4 nitrogen and oxygen atoms in total. The van der Waals surface area contributed by atoms with Gasteiger partial charge in [0.25, 0.3) is 0 Å². The van der Waals surface area contributed by atoms with Crippen molar-refractivity contribution >= 4 is 23.8 Å². The van der Waals surface area contributed by atoms with Crippen molar-refractivity contribution in [1.82, 2.24) is 14.3 Å². The number of rotatable bonds is 6. The third-order valence-corrected chi connectivity index (χ3v) is 5.15. The second kappa shape index (κ2) is 8.16. The highest BCUT2D eigenvalue weighted by Crippen LogP contribution is 2.22. The Morgan fingerprint density at radius 3 is 2.46 bits per heavy atom. The molecule has 0 fully saturated rings. The highest BCUT2D eigenvalue weighted by molar-refractivity contribution is 7.71. The van der Waals surface area contributed by atoms with Crippen LogP contribution in [0.4, 0.5) is 0 Å². The second-order valence-corrected chi connectivity index (χ2v) is 7.38. The number of hydrogen-bond acceptors (Lipinski definition) is 2. The zero-order valence-corrected chi connectivity index (χ0v) is 16.9. The second-order valence-electron chi connectivity index (χ2n) is 6.58. The molecule has 0 aliphatic carbocycles. The molecule has 0 spiro atoms. The fraction of sp³-hybridized carbons (Fsp3) is 0.300. The van der Waals surface area contributed by atoms with Gasteiger partial charge in [-0.25, -0.2) is 0 Å². The van der Waals surface area contributed by atoms with Crippen molar-refractivity contribution in [3.8, 4) is 11.4 Å². The molecular formula is C20H24ClN4S+. The molecule has 1 N–H and O–H groups in total. The number of aryl methyl sites for hydroxylation is 1. The average Bonchev–Trinajstić information content (AvgIpc) is 2.93. The maximum Gasteiger partial charge on any atom is 0.203 e. The molecule has 3 aromatic rings. The summed E-state index contributed by atoms with van der Waals surface area (Å²) in [5, 5.41) is 5.60. The molecule has 0 aliphatic heterocycles. The summed E-state index contributed by atoms with van der Waals surface area (Å²) >= 11 is 11.7. The Bertz CT molecular complexity index is 943. The summed E-state index contributed by atoms with van der Waals surface area (Å²) in [6.45, 7) is 6.62. The molecule has 1 heterocycles. The monoisotopic (exact) mass is 387 g/mol. The Morgan fingerprint density at radius 2 is 1.81 bits per heavy atom. The molecular weight excluding hydrogens is 364 g/mol. The molecule has 2 aromatic carbocycles. The SMILES string of the molecule is CCn1c(-c2ccccc2C)nn(C[NH+](C)Cc2ccc(Cl)cc2)c1=S. The van der Waals surface area contributed by atoms with Gasteiger partial charge in [-0.05, 0) is 43.8 Å². The first-order chi connectivity index (χ1) is 12.5. The number of nitrogens with zero attached hydrogens (tertiary/aromatic N) is 3. The van der Waals surface area contributed by atoms with Crippen LogP contribution in [0.1, 0.15) is 18.1 Å². The molecule has 0 saturated heterocycles. The van der Waals surface area contributed by atoms with Gasteiger partial charge in [0.15, 0.2) is 12.5 Å². The summed E-state index contributed by atoms with van der Waals surface area (Å²) < 4.78 is 4.81. The summed E-state index contributed by atoms with van der Waals surface area (Å²) in [6.07, 6.45) is 0. The molecule has 0 radical (unpaired) electrons. The van der Waals surface area contributed by atoms with E-state index >= 15 is 0 Å². The van der Waals surface area contributed by atoms with E-state index in [-0.39, 0.29) is 0 Å². The summed E-state index contributed by atoms with van der Waals surface area (Å²) in [5.41, 5.74) is 3.58. The zero-order valence-electron chi connectivity index (χ0n) is 15.4. The molecule has 0 saturated carbocycles. The summed E-state index contributed by atoms with van der Waals surface area (Å²) in [6, 6.07) is 16.3. The zero-order chi connectivity index (χ0) is 18.7. The third-order valence-electron chi connectivity index (χ3n) is 4.46. The van der Waals surface area contributed by atoms with E-state index in [1.807, 2.05) is 28.9 Å². The Hall–Kier alpha value is -1.95. The van der Waals surface area contributed by atoms with E-state index in [0.717, 1.165) is 34.3 Å². The first-order valence-corrected chi connectivity index (χ1v) is 9.57. The minimum Gasteiger partial charge on any atom is -0.315 e. The van der Waals surface area contributed by atoms with Crippen molar-refractivity contribution in [3.05, 3.63) is 69.5 Å². The standard InChI is InChI=1S/C20H23ClN4S/c1-4-24-19(18-8-6-5-7-15(18)2)22-25(20(24)26)14-23(3)13-16-9-11-17(21)12-10-16/h5-12H,4,13-14H2,1-3H3/p+1. The van der Waals surface area contributed by atoms with Crippen LogP contribution in [0.25, 0.3) is 11.4 Å². The number of quaternary nitrogens is 1. The van der Waals surface area contributed by atoms with Gasteiger partial charge in [0.05, 0.1) is 7.05 Å². The molecule has 1 atom stereocenters. The van der Waals surface area contributed by atoms with E-state index in [1.165, 1.54) is 16.0 Å². The van der Waals surface area contributed by atoms with Crippen LogP contribution in [0.3, 0.4) is 0 Å². The van der Waals surface area contributed by atoms with Gasteiger partial charge in [0, 0.05) is 22.7 Å². The molecule has 0 bridgehead atoms. The predicted octanol–water partition coefficient (Wildman–Crippen LogP) is 3.74. The lowest BCUT2D eigenvalue weighted by Crippen LogP contribution is -3.07. The fourth-order valence-electron chi connectivity index (χ4n) is 3.11. The lowest BCUT2D eigenvalue weighted by Gasteiger charge is -2.13. The summed E-state index contributed by atoms with van der Waals surface area (Å²) in [4.78, 5) is 1.31.